The average Bonchev–Trinajstić information content (AvgIpc) is 2.94. The Hall–Kier alpha value is -0.770. The highest BCUT2D eigenvalue weighted by Crippen LogP contribution is 2.29. The number of halogens is 1. The van der Waals surface area contributed by atoms with Crippen LogP contribution in [0.1, 0.15) is 31.7 Å². The molecule has 0 spiro atoms. The zero-order valence-corrected chi connectivity index (χ0v) is 14.0. The van der Waals surface area contributed by atoms with Gasteiger partial charge in [-0.05, 0) is 36.5 Å². The third-order valence-electron chi connectivity index (χ3n) is 4.18. The van der Waals surface area contributed by atoms with Crippen LogP contribution in [0.2, 0.25) is 5.02 Å². The van der Waals surface area contributed by atoms with Crippen molar-refractivity contribution in [2.75, 3.05) is 38.3 Å². The van der Waals surface area contributed by atoms with Crippen LogP contribution < -0.4 is 10.2 Å². The van der Waals surface area contributed by atoms with Crippen LogP contribution in [0.15, 0.2) is 18.2 Å². The Labute approximate surface area is 133 Å². The van der Waals surface area contributed by atoms with E-state index in [0.717, 1.165) is 42.7 Å². The lowest BCUT2D eigenvalue weighted by Crippen LogP contribution is -2.20. The minimum absolute atomic E-state index is 0.725. The van der Waals surface area contributed by atoms with E-state index in [1.807, 2.05) is 0 Å². The van der Waals surface area contributed by atoms with Crippen molar-refractivity contribution in [3.8, 4) is 0 Å². The minimum atomic E-state index is 0.725. The van der Waals surface area contributed by atoms with Gasteiger partial charge in [0.1, 0.15) is 0 Å². The maximum absolute atomic E-state index is 6.42. The van der Waals surface area contributed by atoms with Crippen LogP contribution in [0.25, 0.3) is 0 Å². The second-order valence-corrected chi connectivity index (χ2v) is 6.24. The average molecular weight is 311 g/mol. The first kappa shape index (κ1) is 16.6. The first-order chi connectivity index (χ1) is 10.2. The molecule has 0 amide bonds. The zero-order valence-electron chi connectivity index (χ0n) is 13.2. The van der Waals surface area contributed by atoms with Crippen LogP contribution in [-0.4, -0.2) is 33.4 Å². The summed E-state index contributed by atoms with van der Waals surface area (Å²) in [5.74, 6) is 0.851. The fraction of sp³-hybridized carbons (Fsp3) is 0.647. The highest BCUT2D eigenvalue weighted by atomic mass is 35.5. The fourth-order valence-corrected chi connectivity index (χ4v) is 3.23. The Kier molecular flexibility index (Phi) is 6.81. The van der Waals surface area contributed by atoms with Gasteiger partial charge in [-0.15, -0.1) is 0 Å². The molecule has 0 radical (unpaired) electrons. The first-order valence-electron chi connectivity index (χ1n) is 7.97. The smallest absolute Gasteiger partial charge is 0.0587 e. The molecule has 1 aromatic rings. The molecule has 1 atom stereocenters. The normalized spacial score (nSPS) is 18.4. The summed E-state index contributed by atoms with van der Waals surface area (Å²) in [5, 5.41) is 4.19. The molecule has 1 N–H and O–H groups in total. The van der Waals surface area contributed by atoms with Crippen LogP contribution in [0.3, 0.4) is 0 Å². The molecule has 0 aromatic heterocycles. The van der Waals surface area contributed by atoms with Gasteiger partial charge in [0.25, 0.3) is 0 Å². The lowest BCUT2D eigenvalue weighted by atomic mass is 10.0. The highest BCUT2D eigenvalue weighted by Gasteiger charge is 2.22. The number of nitrogens with one attached hydrogen (secondary N) is 1. The van der Waals surface area contributed by atoms with Crippen LogP contribution in [0.5, 0.6) is 0 Å². The lowest BCUT2D eigenvalue weighted by Gasteiger charge is -2.20. The van der Waals surface area contributed by atoms with Crippen LogP contribution in [-0.2, 0) is 11.3 Å². The van der Waals surface area contributed by atoms with E-state index in [-0.39, 0.29) is 0 Å². The summed E-state index contributed by atoms with van der Waals surface area (Å²) in [6.07, 6.45) is 3.93. The van der Waals surface area contributed by atoms with Gasteiger partial charge in [-0.2, -0.15) is 0 Å². The van der Waals surface area contributed by atoms with Gasteiger partial charge in [-0.25, -0.2) is 0 Å². The molecule has 4 heteroatoms. The third kappa shape index (κ3) is 4.87. The summed E-state index contributed by atoms with van der Waals surface area (Å²) in [4.78, 5) is 2.47. The quantitative estimate of drug-likeness (QED) is 0.741. The molecule has 1 saturated heterocycles. The maximum atomic E-state index is 6.42. The summed E-state index contributed by atoms with van der Waals surface area (Å²) >= 11 is 6.42. The molecule has 1 aliphatic rings. The molecule has 1 aliphatic heterocycles. The lowest BCUT2D eigenvalue weighted by molar-refractivity contribution is 0.199. The van der Waals surface area contributed by atoms with E-state index in [1.54, 1.807) is 7.11 Å². The molecule has 21 heavy (non-hydrogen) atoms. The van der Waals surface area contributed by atoms with Crippen molar-refractivity contribution in [3.63, 3.8) is 0 Å². The Morgan fingerprint density at radius 1 is 1.43 bits per heavy atom. The maximum Gasteiger partial charge on any atom is 0.0587 e. The van der Waals surface area contributed by atoms with E-state index in [9.17, 15) is 0 Å². The molecule has 1 unspecified atom stereocenters. The number of anilines is 1. The fourth-order valence-electron chi connectivity index (χ4n) is 2.98. The summed E-state index contributed by atoms with van der Waals surface area (Å²) in [7, 11) is 1.71. The Balaban J connectivity index is 1.90. The molecule has 1 aromatic carbocycles. The Morgan fingerprint density at radius 3 is 3.00 bits per heavy atom. The molecule has 2 rings (SSSR count). The van der Waals surface area contributed by atoms with Crippen LogP contribution >= 0.6 is 11.6 Å². The number of benzene rings is 1. The van der Waals surface area contributed by atoms with E-state index in [2.05, 4.69) is 35.3 Å². The predicted molar refractivity (Wildman–Crippen MR) is 90.3 cm³/mol. The summed E-state index contributed by atoms with van der Waals surface area (Å²) in [5.41, 5.74) is 2.42. The topological polar surface area (TPSA) is 24.5 Å². The largest absolute Gasteiger partial charge is 0.383 e. The molecule has 0 aliphatic carbocycles. The Bertz CT molecular complexity index is 439. The highest BCUT2D eigenvalue weighted by molar-refractivity contribution is 6.31. The predicted octanol–water partition coefficient (Wildman–Crippen LogP) is 3.70. The second-order valence-electron chi connectivity index (χ2n) is 5.83. The van der Waals surface area contributed by atoms with E-state index < -0.39 is 0 Å². The summed E-state index contributed by atoms with van der Waals surface area (Å²) in [6, 6.07) is 6.46. The molecule has 3 nitrogen and oxygen atoms in total. The van der Waals surface area contributed by atoms with Gasteiger partial charge in [0.2, 0.25) is 0 Å². The van der Waals surface area contributed by atoms with E-state index >= 15 is 0 Å². The third-order valence-corrected chi connectivity index (χ3v) is 4.53. The monoisotopic (exact) mass is 310 g/mol. The summed E-state index contributed by atoms with van der Waals surface area (Å²) < 4.78 is 5.02. The minimum Gasteiger partial charge on any atom is -0.383 e. The van der Waals surface area contributed by atoms with E-state index in [0.29, 0.717) is 0 Å². The summed E-state index contributed by atoms with van der Waals surface area (Å²) in [6.45, 7) is 6.97. The van der Waals surface area contributed by atoms with E-state index in [1.165, 1.54) is 31.5 Å². The van der Waals surface area contributed by atoms with Crippen molar-refractivity contribution < 1.29 is 4.74 Å². The van der Waals surface area contributed by atoms with Gasteiger partial charge in [0.15, 0.2) is 0 Å². The van der Waals surface area contributed by atoms with Crippen molar-refractivity contribution in [1.82, 2.24) is 5.32 Å². The molecular weight excluding hydrogens is 284 g/mol. The molecule has 1 heterocycles. The van der Waals surface area contributed by atoms with Crippen molar-refractivity contribution >= 4 is 17.3 Å². The van der Waals surface area contributed by atoms with Gasteiger partial charge < -0.3 is 15.0 Å². The van der Waals surface area contributed by atoms with Gasteiger partial charge in [-0.1, -0.05) is 31.0 Å². The van der Waals surface area contributed by atoms with Crippen molar-refractivity contribution in [1.29, 1.82) is 0 Å². The van der Waals surface area contributed by atoms with Crippen LogP contribution in [0.4, 0.5) is 5.69 Å². The SMILES string of the molecule is CCCC1CCN(c2ccc(CNCCOC)c(Cl)c2)C1. The number of ether oxygens (including phenoxy) is 1. The molecular formula is C17H27ClN2O. The van der Waals surface area contributed by atoms with Crippen LogP contribution in [0, 0.1) is 5.92 Å². The number of hydrogen-bond donors (Lipinski definition) is 1. The number of methoxy groups -OCH3 is 1. The molecule has 0 saturated carbocycles. The van der Waals surface area contributed by atoms with Crippen molar-refractivity contribution in [2.24, 2.45) is 5.92 Å². The first-order valence-corrected chi connectivity index (χ1v) is 8.35. The van der Waals surface area contributed by atoms with Gasteiger partial charge in [-0.3, -0.25) is 0 Å². The van der Waals surface area contributed by atoms with Crippen molar-refractivity contribution in [2.45, 2.75) is 32.7 Å². The van der Waals surface area contributed by atoms with Gasteiger partial charge in [0, 0.05) is 44.0 Å². The number of hydrogen-bond acceptors (Lipinski definition) is 3. The van der Waals surface area contributed by atoms with Gasteiger partial charge >= 0.3 is 0 Å². The molecule has 118 valence electrons. The van der Waals surface area contributed by atoms with Gasteiger partial charge in [0.05, 0.1) is 6.61 Å². The van der Waals surface area contributed by atoms with E-state index in [4.69, 9.17) is 16.3 Å². The zero-order chi connectivity index (χ0) is 15.1. The molecule has 1 fully saturated rings. The second kappa shape index (κ2) is 8.62. The standard InChI is InChI=1S/C17H27ClN2O/c1-3-4-14-7-9-20(13-14)16-6-5-15(17(18)11-16)12-19-8-10-21-2/h5-6,11,14,19H,3-4,7-10,12-13H2,1-2H3. The Morgan fingerprint density at radius 2 is 2.29 bits per heavy atom. The number of nitrogens with zero attached hydrogens (tertiary/aromatic N) is 1. The van der Waals surface area contributed by atoms with Crippen molar-refractivity contribution in [3.05, 3.63) is 28.8 Å². The number of rotatable bonds is 8. The molecule has 0 bridgehead atoms.